The number of hydrogen-bond acceptors (Lipinski definition) is 2. The van der Waals surface area contributed by atoms with Crippen LogP contribution in [0.25, 0.3) is 11.1 Å². The molecule has 0 atom stereocenters. The minimum absolute atomic E-state index is 0.00434. The maximum absolute atomic E-state index is 2.71. The largest absolute Gasteiger partial charge is 0.311 e. The van der Waals surface area contributed by atoms with Crippen LogP contribution in [-0.2, 0) is 27.1 Å². The van der Waals surface area contributed by atoms with Crippen LogP contribution in [0.2, 0.25) is 0 Å². The Kier molecular flexibility index (Phi) is 8.55. The summed E-state index contributed by atoms with van der Waals surface area (Å²) in [6, 6.07) is 40.9. The van der Waals surface area contributed by atoms with Crippen molar-refractivity contribution in [1.82, 2.24) is 0 Å². The molecule has 0 spiro atoms. The first-order chi connectivity index (χ1) is 28.6. The van der Waals surface area contributed by atoms with Gasteiger partial charge in [0.15, 0.2) is 0 Å². The zero-order valence-corrected chi connectivity index (χ0v) is 39.4. The number of hydrogen-bond donors (Lipinski definition) is 0. The topological polar surface area (TPSA) is 6.48 Å². The molecular formula is C58H65BN2. The van der Waals surface area contributed by atoms with E-state index in [1.54, 1.807) is 0 Å². The highest BCUT2D eigenvalue weighted by molar-refractivity contribution is 7.00. The third kappa shape index (κ3) is 6.03. The normalized spacial score (nSPS) is 18.6. The molecule has 0 N–H and O–H groups in total. The lowest BCUT2D eigenvalue weighted by Gasteiger charge is -2.48. The van der Waals surface area contributed by atoms with Crippen LogP contribution in [0.1, 0.15) is 140 Å². The van der Waals surface area contributed by atoms with Crippen molar-refractivity contribution in [3.63, 3.8) is 0 Å². The summed E-state index contributed by atoms with van der Waals surface area (Å²) in [5.41, 5.74) is 26.1. The molecule has 2 nitrogen and oxygen atoms in total. The third-order valence-electron chi connectivity index (χ3n) is 15.5. The summed E-state index contributed by atoms with van der Waals surface area (Å²) in [6.07, 6.45) is 3.52. The smallest absolute Gasteiger partial charge is 0.252 e. The van der Waals surface area contributed by atoms with Gasteiger partial charge in [0.1, 0.15) is 0 Å². The summed E-state index contributed by atoms with van der Waals surface area (Å²) in [5, 5.41) is 0. The molecule has 0 saturated heterocycles. The summed E-state index contributed by atoms with van der Waals surface area (Å²) in [7, 11) is 0. The molecule has 0 saturated carbocycles. The molecule has 0 unspecified atom stereocenters. The first-order valence-corrected chi connectivity index (χ1v) is 23.0. The SMILES string of the molecule is Cc1cc2c3c(c1)N(c1cc4c(cc1C)C(C)(C)CC4(C)C)c1cc4c(cc1B3c1ccc(-c3ccccc3)cc1N2c1cc(C(C)(C)C)ccc1C)C(C)(C)CCC4(C)C. The van der Waals surface area contributed by atoms with E-state index in [0.29, 0.717) is 0 Å². The minimum Gasteiger partial charge on any atom is -0.311 e. The van der Waals surface area contributed by atoms with Gasteiger partial charge in [0.05, 0.1) is 0 Å². The number of aryl methyl sites for hydroxylation is 3. The molecule has 3 heteroatoms. The van der Waals surface area contributed by atoms with Crippen molar-refractivity contribution in [2.45, 2.75) is 143 Å². The molecule has 6 aromatic carbocycles. The molecular weight excluding hydrogens is 735 g/mol. The van der Waals surface area contributed by atoms with Gasteiger partial charge < -0.3 is 9.80 Å². The van der Waals surface area contributed by atoms with E-state index in [9.17, 15) is 0 Å². The highest BCUT2D eigenvalue weighted by Crippen LogP contribution is 2.55. The van der Waals surface area contributed by atoms with Crippen molar-refractivity contribution in [2.75, 3.05) is 9.80 Å². The van der Waals surface area contributed by atoms with E-state index in [1.165, 1.54) is 119 Å². The molecule has 2 heterocycles. The van der Waals surface area contributed by atoms with Crippen molar-refractivity contribution in [2.24, 2.45) is 0 Å². The Morgan fingerprint density at radius 2 is 1.00 bits per heavy atom. The fraction of sp³-hybridized carbons (Fsp3) is 0.379. The van der Waals surface area contributed by atoms with Crippen LogP contribution in [0, 0.1) is 20.8 Å². The molecule has 2 aliphatic carbocycles. The highest BCUT2D eigenvalue weighted by atomic mass is 15.2. The second-order valence-electron chi connectivity index (χ2n) is 23.1. The summed E-state index contributed by atoms with van der Waals surface area (Å²) >= 11 is 0. The fourth-order valence-corrected chi connectivity index (χ4v) is 12.2. The van der Waals surface area contributed by atoms with E-state index >= 15 is 0 Å². The van der Waals surface area contributed by atoms with Gasteiger partial charge in [-0.3, -0.25) is 0 Å². The molecule has 0 bridgehead atoms. The lowest BCUT2D eigenvalue weighted by Crippen LogP contribution is -2.62. The van der Waals surface area contributed by atoms with Gasteiger partial charge in [-0.05, 0) is 176 Å². The molecule has 4 aliphatic rings. The average molecular weight is 801 g/mol. The van der Waals surface area contributed by atoms with E-state index in [1.807, 2.05) is 0 Å². The van der Waals surface area contributed by atoms with Crippen LogP contribution >= 0.6 is 0 Å². The van der Waals surface area contributed by atoms with E-state index in [4.69, 9.17) is 0 Å². The maximum atomic E-state index is 2.71. The van der Waals surface area contributed by atoms with E-state index in [2.05, 4.69) is 210 Å². The molecule has 0 aromatic heterocycles. The summed E-state index contributed by atoms with van der Waals surface area (Å²) in [5.74, 6) is 0. The fourth-order valence-electron chi connectivity index (χ4n) is 12.2. The third-order valence-corrected chi connectivity index (χ3v) is 15.5. The molecule has 0 radical (unpaired) electrons. The van der Waals surface area contributed by atoms with Crippen molar-refractivity contribution in [3.8, 4) is 11.1 Å². The zero-order valence-electron chi connectivity index (χ0n) is 39.4. The average Bonchev–Trinajstić information content (AvgIpc) is 3.37. The van der Waals surface area contributed by atoms with Crippen LogP contribution in [0.3, 0.4) is 0 Å². The van der Waals surface area contributed by atoms with Crippen molar-refractivity contribution in [1.29, 1.82) is 0 Å². The second kappa shape index (κ2) is 13.0. The summed E-state index contributed by atoms with van der Waals surface area (Å²) in [6.45, 7) is 33.8. The Hall–Kier alpha value is -5.02. The van der Waals surface area contributed by atoms with Crippen LogP contribution in [-0.4, -0.2) is 6.71 Å². The number of benzene rings is 6. The van der Waals surface area contributed by atoms with Gasteiger partial charge in [-0.2, -0.15) is 0 Å². The van der Waals surface area contributed by atoms with Gasteiger partial charge in [-0.15, -0.1) is 0 Å². The Balaban J connectivity index is 1.34. The second-order valence-corrected chi connectivity index (χ2v) is 23.1. The Bertz CT molecular complexity index is 2810. The summed E-state index contributed by atoms with van der Waals surface area (Å²) < 4.78 is 0. The first kappa shape index (κ1) is 40.1. The van der Waals surface area contributed by atoms with E-state index in [-0.39, 0.29) is 33.8 Å². The lowest BCUT2D eigenvalue weighted by molar-refractivity contribution is 0.332. The van der Waals surface area contributed by atoms with E-state index < -0.39 is 0 Å². The molecule has 2 aliphatic heterocycles. The van der Waals surface area contributed by atoms with Gasteiger partial charge >= 0.3 is 0 Å². The standard InChI is InChI=1S/C58H65BN2/c1-35-26-51-53-52(27-35)61(48-32-44-41(28-37(48)3)57(11,12)34-58(44,13)14)50-33-43-42(55(7,8)24-25-56(43,9)10)31-46(50)59(53)45-23-21-39(38-18-16-15-17-19-38)29-49(45)60(51)47-30-40(54(4,5)6)22-20-36(47)2/h15-23,26-33H,24-25,34H2,1-14H3. The van der Waals surface area contributed by atoms with Gasteiger partial charge in [0.2, 0.25) is 0 Å². The highest BCUT2D eigenvalue weighted by Gasteiger charge is 2.48. The number of anilines is 6. The van der Waals surface area contributed by atoms with E-state index in [0.717, 1.165) is 6.42 Å². The van der Waals surface area contributed by atoms with Crippen molar-refractivity contribution < 1.29 is 0 Å². The number of rotatable bonds is 3. The molecule has 0 amide bonds. The molecule has 61 heavy (non-hydrogen) atoms. The predicted octanol–water partition coefficient (Wildman–Crippen LogP) is 14.0. The zero-order chi connectivity index (χ0) is 43.3. The van der Waals surface area contributed by atoms with Gasteiger partial charge in [-0.25, -0.2) is 0 Å². The van der Waals surface area contributed by atoms with Crippen molar-refractivity contribution >= 4 is 57.2 Å². The minimum atomic E-state index is 0.00434. The van der Waals surface area contributed by atoms with Crippen LogP contribution in [0.5, 0.6) is 0 Å². The quantitative estimate of drug-likeness (QED) is 0.164. The van der Waals surface area contributed by atoms with Crippen LogP contribution in [0.15, 0.2) is 103 Å². The molecule has 0 fully saturated rings. The maximum Gasteiger partial charge on any atom is 0.252 e. The molecule has 6 aromatic rings. The van der Waals surface area contributed by atoms with Gasteiger partial charge in [-0.1, -0.05) is 143 Å². The number of fused-ring (bicyclic) bond motifs is 6. The van der Waals surface area contributed by atoms with Gasteiger partial charge in [0.25, 0.3) is 6.71 Å². The Morgan fingerprint density at radius 3 is 1.62 bits per heavy atom. The van der Waals surface area contributed by atoms with Crippen molar-refractivity contribution in [3.05, 3.63) is 148 Å². The predicted molar refractivity (Wildman–Crippen MR) is 265 cm³/mol. The Morgan fingerprint density at radius 1 is 0.459 bits per heavy atom. The number of nitrogens with zero attached hydrogens (tertiary/aromatic N) is 2. The van der Waals surface area contributed by atoms with Crippen LogP contribution in [0.4, 0.5) is 34.1 Å². The summed E-state index contributed by atoms with van der Waals surface area (Å²) in [4.78, 5) is 5.36. The molecule has 310 valence electrons. The van der Waals surface area contributed by atoms with Gasteiger partial charge in [0, 0.05) is 34.1 Å². The molecule has 10 rings (SSSR count). The first-order valence-electron chi connectivity index (χ1n) is 23.0. The monoisotopic (exact) mass is 801 g/mol. The Labute approximate surface area is 367 Å². The van der Waals surface area contributed by atoms with Crippen LogP contribution < -0.4 is 26.2 Å². The lowest BCUT2D eigenvalue weighted by atomic mass is 9.33.